The molecule has 1 aliphatic carbocycles. The number of nitrogens with zero attached hydrogens (tertiary/aromatic N) is 2. The van der Waals surface area contributed by atoms with Gasteiger partial charge in [0.1, 0.15) is 0 Å². The van der Waals surface area contributed by atoms with Crippen molar-refractivity contribution in [1.29, 1.82) is 5.26 Å². The molecule has 1 aromatic rings. The average molecular weight is 349 g/mol. The minimum atomic E-state index is 0.712. The quantitative estimate of drug-likeness (QED) is 0.759. The molecule has 0 aromatic heterocycles. The summed E-state index contributed by atoms with van der Waals surface area (Å²) in [4.78, 5) is 1.89. The fourth-order valence-electron chi connectivity index (χ4n) is 3.38. The van der Waals surface area contributed by atoms with Crippen LogP contribution < -0.4 is 0 Å². The summed E-state index contributed by atoms with van der Waals surface area (Å²) in [5.41, 5.74) is 1.23. The van der Waals surface area contributed by atoms with E-state index in [4.69, 9.17) is 10.00 Å². The van der Waals surface area contributed by atoms with Gasteiger partial charge in [0.2, 0.25) is 0 Å². The third-order valence-electron chi connectivity index (χ3n) is 4.78. The first-order valence-corrected chi connectivity index (χ1v) is 8.52. The highest BCUT2D eigenvalue weighted by atomic mass is 79.9. The Morgan fingerprint density at radius 3 is 2.62 bits per heavy atom. The zero-order valence-corrected chi connectivity index (χ0v) is 13.8. The number of nitriles is 1. The van der Waals surface area contributed by atoms with Gasteiger partial charge in [0.15, 0.2) is 6.19 Å². The van der Waals surface area contributed by atoms with Crippen LogP contribution in [0, 0.1) is 29.2 Å². The average Bonchev–Trinajstić information content (AvgIpc) is 3.29. The van der Waals surface area contributed by atoms with Crippen LogP contribution in [0.3, 0.4) is 0 Å². The van der Waals surface area contributed by atoms with Crippen LogP contribution in [0.25, 0.3) is 0 Å². The Morgan fingerprint density at radius 1 is 1.24 bits per heavy atom. The summed E-state index contributed by atoms with van der Waals surface area (Å²) >= 11 is 3.44. The molecule has 0 bridgehead atoms. The first-order chi connectivity index (χ1) is 10.3. The molecule has 4 heteroatoms. The van der Waals surface area contributed by atoms with E-state index in [1.165, 1.54) is 24.8 Å². The molecule has 0 unspecified atom stereocenters. The van der Waals surface area contributed by atoms with Crippen LogP contribution in [-0.4, -0.2) is 24.6 Å². The minimum Gasteiger partial charge on any atom is -0.376 e. The first-order valence-electron chi connectivity index (χ1n) is 7.73. The standard InChI is InChI=1S/C17H21BrN2O/c18-16-3-1-13(2-4-16)10-21-11-15-9-17(15)14-5-7-20(12-19)8-6-14/h1-4,14-15,17H,5-11H2/t15-,17+/m0/s1. The van der Waals surface area contributed by atoms with Crippen molar-refractivity contribution >= 4 is 15.9 Å². The van der Waals surface area contributed by atoms with E-state index in [0.29, 0.717) is 6.61 Å². The van der Waals surface area contributed by atoms with Crippen LogP contribution in [0.4, 0.5) is 0 Å². The Morgan fingerprint density at radius 2 is 1.95 bits per heavy atom. The van der Waals surface area contributed by atoms with Crippen molar-refractivity contribution in [1.82, 2.24) is 4.90 Å². The maximum Gasteiger partial charge on any atom is 0.179 e. The topological polar surface area (TPSA) is 36.3 Å². The Balaban J connectivity index is 1.35. The van der Waals surface area contributed by atoms with Crippen molar-refractivity contribution in [3.05, 3.63) is 34.3 Å². The number of benzene rings is 1. The van der Waals surface area contributed by atoms with E-state index in [-0.39, 0.29) is 0 Å². The number of hydrogen-bond acceptors (Lipinski definition) is 3. The molecule has 1 heterocycles. The summed E-state index contributed by atoms with van der Waals surface area (Å²) in [7, 11) is 0. The van der Waals surface area contributed by atoms with Gasteiger partial charge in [-0.1, -0.05) is 28.1 Å². The first kappa shape index (κ1) is 14.9. The van der Waals surface area contributed by atoms with Crippen molar-refractivity contribution in [3.8, 4) is 6.19 Å². The van der Waals surface area contributed by atoms with Crippen LogP contribution in [0.1, 0.15) is 24.8 Å². The molecule has 2 atom stereocenters. The number of hydrogen-bond donors (Lipinski definition) is 0. The minimum absolute atomic E-state index is 0.712. The largest absolute Gasteiger partial charge is 0.376 e. The summed E-state index contributed by atoms with van der Waals surface area (Å²) < 4.78 is 6.98. The molecular weight excluding hydrogens is 328 g/mol. The van der Waals surface area contributed by atoms with Crippen LogP contribution >= 0.6 is 15.9 Å². The van der Waals surface area contributed by atoms with E-state index in [1.54, 1.807) is 0 Å². The van der Waals surface area contributed by atoms with Crippen LogP contribution in [0.5, 0.6) is 0 Å². The third kappa shape index (κ3) is 3.99. The normalized spacial score (nSPS) is 25.6. The Hall–Kier alpha value is -1.05. The Kier molecular flexibility index (Phi) is 4.82. The number of piperidine rings is 1. The van der Waals surface area contributed by atoms with Gasteiger partial charge in [-0.2, -0.15) is 5.26 Å². The fraction of sp³-hybridized carbons (Fsp3) is 0.588. The number of halogens is 1. The van der Waals surface area contributed by atoms with Crippen molar-refractivity contribution in [2.24, 2.45) is 17.8 Å². The molecular formula is C17H21BrN2O. The lowest BCUT2D eigenvalue weighted by Crippen LogP contribution is -2.30. The van der Waals surface area contributed by atoms with Gasteiger partial charge in [-0.15, -0.1) is 0 Å². The maximum atomic E-state index is 8.88. The third-order valence-corrected chi connectivity index (χ3v) is 5.31. The van der Waals surface area contributed by atoms with Gasteiger partial charge in [0.05, 0.1) is 13.2 Å². The summed E-state index contributed by atoms with van der Waals surface area (Å²) in [5.74, 6) is 2.41. The van der Waals surface area contributed by atoms with Gasteiger partial charge in [-0.25, -0.2) is 0 Å². The SMILES string of the molecule is N#CN1CCC([C@H]2C[C@H]2COCc2ccc(Br)cc2)CC1. The summed E-state index contributed by atoms with van der Waals surface area (Å²) in [6, 6.07) is 8.32. The smallest absolute Gasteiger partial charge is 0.179 e. The molecule has 1 saturated carbocycles. The highest BCUT2D eigenvalue weighted by Crippen LogP contribution is 2.48. The molecule has 112 valence electrons. The van der Waals surface area contributed by atoms with Crippen LogP contribution in [0.15, 0.2) is 28.7 Å². The molecule has 3 rings (SSSR count). The van der Waals surface area contributed by atoms with Crippen molar-refractivity contribution in [3.63, 3.8) is 0 Å². The van der Waals surface area contributed by atoms with Crippen LogP contribution in [-0.2, 0) is 11.3 Å². The van der Waals surface area contributed by atoms with Crippen molar-refractivity contribution in [2.75, 3.05) is 19.7 Å². The number of ether oxygens (including phenoxy) is 1. The van der Waals surface area contributed by atoms with Gasteiger partial charge >= 0.3 is 0 Å². The van der Waals surface area contributed by atoms with Gasteiger partial charge in [-0.3, -0.25) is 0 Å². The fourth-order valence-corrected chi connectivity index (χ4v) is 3.64. The molecule has 0 N–H and O–H groups in total. The monoisotopic (exact) mass is 348 g/mol. The lowest BCUT2D eigenvalue weighted by molar-refractivity contribution is 0.102. The summed E-state index contributed by atoms with van der Waals surface area (Å²) in [6.07, 6.45) is 5.94. The predicted molar refractivity (Wildman–Crippen MR) is 85.3 cm³/mol. The molecule has 1 saturated heterocycles. The molecule has 2 fully saturated rings. The van der Waals surface area contributed by atoms with E-state index in [0.717, 1.165) is 41.9 Å². The predicted octanol–water partition coefficient (Wildman–Crippen LogP) is 3.79. The van der Waals surface area contributed by atoms with E-state index in [2.05, 4.69) is 46.4 Å². The highest BCUT2D eigenvalue weighted by Gasteiger charge is 2.43. The van der Waals surface area contributed by atoms with Gasteiger partial charge in [-0.05, 0) is 54.7 Å². The second-order valence-electron chi connectivity index (χ2n) is 6.23. The molecule has 1 aliphatic heterocycles. The number of likely N-dealkylation sites (tertiary alicyclic amines) is 1. The van der Waals surface area contributed by atoms with E-state index in [9.17, 15) is 0 Å². The lowest BCUT2D eigenvalue weighted by Gasteiger charge is -2.28. The molecule has 1 aromatic carbocycles. The molecule has 0 spiro atoms. The van der Waals surface area contributed by atoms with Gasteiger partial charge in [0, 0.05) is 17.6 Å². The van der Waals surface area contributed by atoms with E-state index >= 15 is 0 Å². The zero-order chi connectivity index (χ0) is 14.7. The maximum absolute atomic E-state index is 8.88. The van der Waals surface area contributed by atoms with Crippen molar-refractivity contribution < 1.29 is 4.74 Å². The van der Waals surface area contributed by atoms with E-state index in [1.807, 2.05) is 4.90 Å². The van der Waals surface area contributed by atoms with Gasteiger partial charge < -0.3 is 9.64 Å². The van der Waals surface area contributed by atoms with Crippen molar-refractivity contribution in [2.45, 2.75) is 25.9 Å². The number of rotatable bonds is 5. The Labute approximate surface area is 135 Å². The lowest BCUT2D eigenvalue weighted by atomic mass is 9.91. The second kappa shape index (κ2) is 6.81. The summed E-state index contributed by atoms with van der Waals surface area (Å²) in [6.45, 7) is 3.50. The molecule has 3 nitrogen and oxygen atoms in total. The van der Waals surface area contributed by atoms with Crippen LogP contribution in [0.2, 0.25) is 0 Å². The molecule has 0 radical (unpaired) electrons. The summed E-state index contributed by atoms with van der Waals surface area (Å²) in [5, 5.41) is 8.88. The molecule has 0 amide bonds. The second-order valence-corrected chi connectivity index (χ2v) is 7.14. The Bertz CT molecular complexity index is 503. The van der Waals surface area contributed by atoms with E-state index < -0.39 is 0 Å². The molecule has 2 aliphatic rings. The van der Waals surface area contributed by atoms with Gasteiger partial charge in [0.25, 0.3) is 0 Å². The molecule has 21 heavy (non-hydrogen) atoms. The zero-order valence-electron chi connectivity index (χ0n) is 12.2. The highest BCUT2D eigenvalue weighted by molar-refractivity contribution is 9.10.